The van der Waals surface area contributed by atoms with Crippen LogP contribution in [0.5, 0.6) is 0 Å². The fourth-order valence-corrected chi connectivity index (χ4v) is 2.71. The molecule has 1 saturated heterocycles. The Morgan fingerprint density at radius 3 is 2.50 bits per heavy atom. The van der Waals surface area contributed by atoms with Crippen LogP contribution in [-0.4, -0.2) is 47.6 Å². The van der Waals surface area contributed by atoms with Gasteiger partial charge in [0.1, 0.15) is 18.0 Å². The van der Waals surface area contributed by atoms with Crippen LogP contribution in [0.15, 0.2) is 6.33 Å². The summed E-state index contributed by atoms with van der Waals surface area (Å²) in [6.07, 6.45) is 4.00. The predicted molar refractivity (Wildman–Crippen MR) is 84.4 cm³/mol. The van der Waals surface area contributed by atoms with Crippen molar-refractivity contribution in [2.45, 2.75) is 45.6 Å². The third-order valence-electron chi connectivity index (χ3n) is 3.86. The van der Waals surface area contributed by atoms with Gasteiger partial charge in [-0.3, -0.25) is 0 Å². The zero-order valence-electron chi connectivity index (χ0n) is 13.1. The maximum absolute atomic E-state index is 4.48. The van der Waals surface area contributed by atoms with Gasteiger partial charge in [-0.05, 0) is 45.8 Å². The molecule has 0 radical (unpaired) electrons. The summed E-state index contributed by atoms with van der Waals surface area (Å²) in [6.45, 7) is 9.67. The molecule has 1 aliphatic rings. The minimum Gasteiger partial charge on any atom is -0.370 e. The first-order valence-corrected chi connectivity index (χ1v) is 7.65. The number of nitrogens with zero attached hydrogens (tertiary/aromatic N) is 3. The average molecular weight is 277 g/mol. The van der Waals surface area contributed by atoms with Gasteiger partial charge in [0, 0.05) is 18.2 Å². The Labute approximate surface area is 122 Å². The number of likely N-dealkylation sites (tertiary alicyclic amines) is 1. The highest BCUT2D eigenvalue weighted by Crippen LogP contribution is 2.29. The molecule has 0 aliphatic carbocycles. The maximum Gasteiger partial charge on any atom is 0.135 e. The van der Waals surface area contributed by atoms with Crippen LogP contribution in [-0.2, 0) is 0 Å². The molecule has 0 amide bonds. The van der Waals surface area contributed by atoms with E-state index in [1.807, 2.05) is 0 Å². The van der Waals surface area contributed by atoms with Gasteiger partial charge in [0.15, 0.2) is 0 Å². The normalized spacial score (nSPS) is 17.4. The van der Waals surface area contributed by atoms with Crippen molar-refractivity contribution >= 4 is 11.6 Å². The number of rotatable bonds is 5. The molecule has 0 aromatic carbocycles. The van der Waals surface area contributed by atoms with E-state index in [1.54, 1.807) is 6.33 Å². The minimum atomic E-state index is 0.402. The predicted octanol–water partition coefficient (Wildman–Crippen LogP) is 2.54. The molecule has 5 heteroatoms. The zero-order valence-corrected chi connectivity index (χ0v) is 13.1. The van der Waals surface area contributed by atoms with E-state index in [0.29, 0.717) is 12.0 Å². The number of anilines is 2. The lowest BCUT2D eigenvalue weighted by atomic mass is 10.0. The van der Waals surface area contributed by atoms with Crippen molar-refractivity contribution in [2.75, 3.05) is 37.3 Å². The highest BCUT2D eigenvalue weighted by Gasteiger charge is 2.20. The SMILES string of the molecule is CCNc1ncnc(NC2CCN(C)CC2)c1C(C)C. The summed E-state index contributed by atoms with van der Waals surface area (Å²) >= 11 is 0. The minimum absolute atomic E-state index is 0.402. The van der Waals surface area contributed by atoms with Crippen LogP contribution in [0, 0.1) is 0 Å². The van der Waals surface area contributed by atoms with E-state index in [1.165, 1.54) is 18.4 Å². The summed E-state index contributed by atoms with van der Waals surface area (Å²) < 4.78 is 0. The second kappa shape index (κ2) is 6.88. The molecule has 1 aromatic rings. The van der Waals surface area contributed by atoms with E-state index in [2.05, 4.69) is 53.3 Å². The third-order valence-corrected chi connectivity index (χ3v) is 3.86. The van der Waals surface area contributed by atoms with Gasteiger partial charge < -0.3 is 15.5 Å². The van der Waals surface area contributed by atoms with Crippen LogP contribution in [0.1, 0.15) is 45.1 Å². The van der Waals surface area contributed by atoms with Crippen molar-refractivity contribution in [3.63, 3.8) is 0 Å². The first-order chi connectivity index (χ1) is 9.61. The Bertz CT molecular complexity index is 424. The molecule has 2 N–H and O–H groups in total. The van der Waals surface area contributed by atoms with Crippen LogP contribution < -0.4 is 10.6 Å². The summed E-state index contributed by atoms with van der Waals surface area (Å²) in [4.78, 5) is 11.2. The fraction of sp³-hybridized carbons (Fsp3) is 0.733. The Hall–Kier alpha value is -1.36. The largest absolute Gasteiger partial charge is 0.370 e. The maximum atomic E-state index is 4.48. The molecule has 0 atom stereocenters. The molecule has 0 saturated carbocycles. The van der Waals surface area contributed by atoms with Crippen LogP contribution >= 0.6 is 0 Å². The van der Waals surface area contributed by atoms with Crippen molar-refractivity contribution in [2.24, 2.45) is 0 Å². The Kier molecular flexibility index (Phi) is 5.17. The quantitative estimate of drug-likeness (QED) is 0.866. The van der Waals surface area contributed by atoms with Crippen LogP contribution in [0.2, 0.25) is 0 Å². The standard InChI is InChI=1S/C15H27N5/c1-5-16-14-13(11(2)3)15(18-10-17-14)19-12-6-8-20(4)9-7-12/h10-12H,5-9H2,1-4H3,(H2,16,17,18,19). The molecule has 0 bridgehead atoms. The van der Waals surface area contributed by atoms with Gasteiger partial charge in [-0.15, -0.1) is 0 Å². The molecule has 20 heavy (non-hydrogen) atoms. The average Bonchev–Trinajstić information content (AvgIpc) is 2.41. The second-order valence-electron chi connectivity index (χ2n) is 5.89. The van der Waals surface area contributed by atoms with Crippen LogP contribution in [0.3, 0.4) is 0 Å². The molecule has 0 spiro atoms. The lowest BCUT2D eigenvalue weighted by Gasteiger charge is -2.30. The summed E-state index contributed by atoms with van der Waals surface area (Å²) in [5, 5.41) is 6.98. The molecule has 2 rings (SSSR count). The number of hydrogen-bond donors (Lipinski definition) is 2. The van der Waals surface area contributed by atoms with Crippen molar-refractivity contribution in [3.05, 3.63) is 11.9 Å². The molecule has 2 heterocycles. The monoisotopic (exact) mass is 277 g/mol. The summed E-state index contributed by atoms with van der Waals surface area (Å²) in [6, 6.07) is 0.521. The summed E-state index contributed by atoms with van der Waals surface area (Å²) in [5.41, 5.74) is 1.20. The van der Waals surface area contributed by atoms with E-state index >= 15 is 0 Å². The Balaban J connectivity index is 2.16. The summed E-state index contributed by atoms with van der Waals surface area (Å²) in [7, 11) is 2.18. The number of hydrogen-bond acceptors (Lipinski definition) is 5. The molecule has 5 nitrogen and oxygen atoms in total. The zero-order chi connectivity index (χ0) is 14.5. The molecule has 0 unspecified atom stereocenters. The second-order valence-corrected chi connectivity index (χ2v) is 5.89. The topological polar surface area (TPSA) is 53.1 Å². The first kappa shape index (κ1) is 15.0. The number of nitrogens with one attached hydrogen (secondary N) is 2. The Morgan fingerprint density at radius 2 is 1.90 bits per heavy atom. The van der Waals surface area contributed by atoms with Gasteiger partial charge in [-0.1, -0.05) is 13.8 Å². The highest BCUT2D eigenvalue weighted by molar-refractivity contribution is 5.59. The smallest absolute Gasteiger partial charge is 0.135 e. The number of piperidine rings is 1. The molecule has 1 aliphatic heterocycles. The van der Waals surface area contributed by atoms with Gasteiger partial charge in [-0.2, -0.15) is 0 Å². The molecule has 1 fully saturated rings. The lowest BCUT2D eigenvalue weighted by Crippen LogP contribution is -2.37. The van der Waals surface area contributed by atoms with E-state index in [9.17, 15) is 0 Å². The molecule has 1 aromatic heterocycles. The van der Waals surface area contributed by atoms with E-state index in [0.717, 1.165) is 31.3 Å². The fourth-order valence-electron chi connectivity index (χ4n) is 2.71. The van der Waals surface area contributed by atoms with Crippen molar-refractivity contribution in [1.29, 1.82) is 0 Å². The first-order valence-electron chi connectivity index (χ1n) is 7.65. The van der Waals surface area contributed by atoms with E-state index in [4.69, 9.17) is 0 Å². The lowest BCUT2D eigenvalue weighted by molar-refractivity contribution is 0.263. The highest BCUT2D eigenvalue weighted by atomic mass is 15.1. The van der Waals surface area contributed by atoms with Crippen molar-refractivity contribution in [3.8, 4) is 0 Å². The van der Waals surface area contributed by atoms with Crippen molar-refractivity contribution < 1.29 is 0 Å². The van der Waals surface area contributed by atoms with Gasteiger partial charge in [-0.25, -0.2) is 9.97 Å². The van der Waals surface area contributed by atoms with Gasteiger partial charge in [0.2, 0.25) is 0 Å². The van der Waals surface area contributed by atoms with Gasteiger partial charge in [0.05, 0.1) is 0 Å². The van der Waals surface area contributed by atoms with E-state index in [-0.39, 0.29) is 0 Å². The van der Waals surface area contributed by atoms with E-state index < -0.39 is 0 Å². The third kappa shape index (κ3) is 3.60. The van der Waals surface area contributed by atoms with Crippen LogP contribution in [0.4, 0.5) is 11.6 Å². The molecule has 112 valence electrons. The van der Waals surface area contributed by atoms with Gasteiger partial charge in [0.25, 0.3) is 0 Å². The molecular formula is C15H27N5. The van der Waals surface area contributed by atoms with Gasteiger partial charge >= 0.3 is 0 Å². The van der Waals surface area contributed by atoms with Crippen molar-refractivity contribution in [1.82, 2.24) is 14.9 Å². The molecular weight excluding hydrogens is 250 g/mol. The Morgan fingerprint density at radius 1 is 1.25 bits per heavy atom. The summed E-state index contributed by atoms with van der Waals surface area (Å²) in [5.74, 6) is 2.37. The van der Waals surface area contributed by atoms with Crippen LogP contribution in [0.25, 0.3) is 0 Å². The number of aromatic nitrogens is 2.